The van der Waals surface area contributed by atoms with E-state index in [0.717, 1.165) is 23.1 Å². The zero-order valence-corrected chi connectivity index (χ0v) is 15.7. The first kappa shape index (κ1) is 16.8. The fourth-order valence-corrected chi connectivity index (χ4v) is 6.55. The highest BCUT2D eigenvalue weighted by Crippen LogP contribution is 2.61. The van der Waals surface area contributed by atoms with Crippen molar-refractivity contribution in [1.29, 1.82) is 0 Å². The van der Waals surface area contributed by atoms with Crippen LogP contribution in [0.15, 0.2) is 33.5 Å². The van der Waals surface area contributed by atoms with Crippen molar-refractivity contribution in [2.24, 2.45) is 23.2 Å². The molecule has 4 saturated carbocycles. The SMILES string of the molecule is CNc1c(NC(=O)CC23CC4CC(CC(C4)C2)C3)c(=O)oc2ccccc12. The largest absolute Gasteiger partial charge is 0.421 e. The lowest BCUT2D eigenvalue weighted by Gasteiger charge is -2.56. The molecule has 4 bridgehead atoms. The number of nitrogens with one attached hydrogen (secondary N) is 2. The van der Waals surface area contributed by atoms with Gasteiger partial charge < -0.3 is 15.1 Å². The predicted molar refractivity (Wildman–Crippen MR) is 106 cm³/mol. The third-order valence-electron chi connectivity index (χ3n) is 7.03. The molecule has 1 amide bonds. The minimum absolute atomic E-state index is 0.0592. The van der Waals surface area contributed by atoms with Gasteiger partial charge in [-0.15, -0.1) is 0 Å². The van der Waals surface area contributed by atoms with Crippen LogP contribution in [0, 0.1) is 23.2 Å². The summed E-state index contributed by atoms with van der Waals surface area (Å²) >= 11 is 0. The van der Waals surface area contributed by atoms with Gasteiger partial charge in [0.2, 0.25) is 5.91 Å². The smallest absolute Gasteiger partial charge is 0.362 e. The van der Waals surface area contributed by atoms with Gasteiger partial charge in [-0.25, -0.2) is 4.79 Å². The predicted octanol–water partition coefficient (Wildman–Crippen LogP) is 4.38. The Hall–Kier alpha value is -2.30. The molecule has 0 atom stereocenters. The molecule has 142 valence electrons. The van der Waals surface area contributed by atoms with Crippen LogP contribution in [-0.4, -0.2) is 13.0 Å². The molecule has 4 aliphatic rings. The number of amides is 1. The molecule has 2 aromatic rings. The van der Waals surface area contributed by atoms with Gasteiger partial charge in [-0.2, -0.15) is 0 Å². The van der Waals surface area contributed by atoms with Crippen LogP contribution >= 0.6 is 0 Å². The maximum absolute atomic E-state index is 12.9. The van der Waals surface area contributed by atoms with E-state index in [1.54, 1.807) is 13.1 Å². The Bertz CT molecular complexity index is 926. The number of anilines is 2. The van der Waals surface area contributed by atoms with E-state index in [2.05, 4.69) is 10.6 Å². The third-order valence-corrected chi connectivity index (χ3v) is 7.03. The van der Waals surface area contributed by atoms with E-state index >= 15 is 0 Å². The van der Waals surface area contributed by atoms with Gasteiger partial charge >= 0.3 is 5.63 Å². The number of rotatable bonds is 4. The van der Waals surface area contributed by atoms with Crippen molar-refractivity contribution >= 4 is 28.3 Å². The zero-order chi connectivity index (χ0) is 18.6. The highest BCUT2D eigenvalue weighted by Gasteiger charge is 2.51. The minimum Gasteiger partial charge on any atom is -0.421 e. The summed E-state index contributed by atoms with van der Waals surface area (Å²) in [5.41, 5.74) is 1.02. The fourth-order valence-electron chi connectivity index (χ4n) is 6.55. The standard InChI is InChI=1S/C22H26N2O3/c1-23-19-16-4-2-3-5-17(16)27-21(26)20(19)24-18(25)12-22-9-13-6-14(10-22)8-15(7-13)11-22/h2-5,13-15,23H,6-12H2,1H3,(H,24,25). The summed E-state index contributed by atoms with van der Waals surface area (Å²) in [6.07, 6.45) is 8.13. The van der Waals surface area contributed by atoms with Gasteiger partial charge in [-0.1, -0.05) is 12.1 Å². The van der Waals surface area contributed by atoms with Gasteiger partial charge in [0.25, 0.3) is 0 Å². The molecular formula is C22H26N2O3. The maximum atomic E-state index is 12.9. The van der Waals surface area contributed by atoms with Crippen molar-refractivity contribution in [3.8, 4) is 0 Å². The number of carbonyl (C=O) groups is 1. The maximum Gasteiger partial charge on any atom is 0.362 e. The van der Waals surface area contributed by atoms with Crippen molar-refractivity contribution in [2.75, 3.05) is 17.7 Å². The molecule has 1 aromatic carbocycles. The molecule has 1 aromatic heterocycles. The third kappa shape index (κ3) is 2.84. The van der Waals surface area contributed by atoms with Gasteiger partial charge in [0, 0.05) is 18.9 Å². The second-order valence-corrected chi connectivity index (χ2v) is 9.03. The van der Waals surface area contributed by atoms with Crippen LogP contribution in [0.2, 0.25) is 0 Å². The Morgan fingerprint density at radius 3 is 2.33 bits per heavy atom. The summed E-state index contributed by atoms with van der Waals surface area (Å²) in [4.78, 5) is 25.4. The Labute approximate surface area is 158 Å². The summed E-state index contributed by atoms with van der Waals surface area (Å²) in [7, 11) is 1.76. The Morgan fingerprint density at radius 2 is 1.70 bits per heavy atom. The lowest BCUT2D eigenvalue weighted by molar-refractivity contribution is -0.124. The van der Waals surface area contributed by atoms with Crippen LogP contribution in [-0.2, 0) is 4.79 Å². The fraction of sp³-hybridized carbons (Fsp3) is 0.545. The van der Waals surface area contributed by atoms with Gasteiger partial charge in [0.05, 0.1) is 5.69 Å². The molecule has 5 heteroatoms. The number of carbonyl (C=O) groups excluding carboxylic acids is 1. The van der Waals surface area contributed by atoms with E-state index in [1.807, 2.05) is 18.2 Å². The summed E-state index contributed by atoms with van der Waals surface area (Å²) in [6, 6.07) is 7.37. The van der Waals surface area contributed by atoms with Gasteiger partial charge in [0.1, 0.15) is 5.58 Å². The van der Waals surface area contributed by atoms with Crippen LogP contribution in [0.4, 0.5) is 11.4 Å². The van der Waals surface area contributed by atoms with Crippen molar-refractivity contribution in [3.05, 3.63) is 34.7 Å². The first-order valence-electron chi connectivity index (χ1n) is 10.1. The van der Waals surface area contributed by atoms with E-state index in [0.29, 0.717) is 17.7 Å². The summed E-state index contributed by atoms with van der Waals surface area (Å²) < 4.78 is 5.42. The number of hydrogen-bond acceptors (Lipinski definition) is 4. The van der Waals surface area contributed by atoms with Crippen LogP contribution in [0.1, 0.15) is 44.9 Å². The molecule has 27 heavy (non-hydrogen) atoms. The molecule has 5 nitrogen and oxygen atoms in total. The number of hydrogen-bond donors (Lipinski definition) is 2. The van der Waals surface area contributed by atoms with E-state index < -0.39 is 5.63 Å². The van der Waals surface area contributed by atoms with Crippen molar-refractivity contribution < 1.29 is 9.21 Å². The second-order valence-electron chi connectivity index (χ2n) is 9.03. The highest BCUT2D eigenvalue weighted by molar-refractivity contribution is 6.02. The van der Waals surface area contributed by atoms with Crippen molar-refractivity contribution in [1.82, 2.24) is 0 Å². The minimum atomic E-state index is -0.503. The van der Waals surface area contributed by atoms with E-state index in [-0.39, 0.29) is 17.0 Å². The number of benzene rings is 1. The van der Waals surface area contributed by atoms with Crippen LogP contribution in [0.5, 0.6) is 0 Å². The quantitative estimate of drug-likeness (QED) is 0.788. The van der Waals surface area contributed by atoms with Crippen LogP contribution in [0.3, 0.4) is 0 Å². The molecule has 0 aliphatic heterocycles. The van der Waals surface area contributed by atoms with Gasteiger partial charge in [-0.3, -0.25) is 4.79 Å². The second kappa shape index (κ2) is 6.11. The number of fused-ring (bicyclic) bond motifs is 1. The lowest BCUT2D eigenvalue weighted by Crippen LogP contribution is -2.47. The molecule has 0 spiro atoms. The molecule has 1 heterocycles. The molecule has 0 saturated heterocycles. The lowest BCUT2D eigenvalue weighted by atomic mass is 9.49. The monoisotopic (exact) mass is 366 g/mol. The Balaban J connectivity index is 1.42. The summed E-state index contributed by atoms with van der Waals surface area (Å²) in [5, 5.41) is 6.75. The average molecular weight is 366 g/mol. The first-order chi connectivity index (χ1) is 13.0. The molecule has 2 N–H and O–H groups in total. The molecule has 0 radical (unpaired) electrons. The van der Waals surface area contributed by atoms with Crippen molar-refractivity contribution in [2.45, 2.75) is 44.9 Å². The van der Waals surface area contributed by atoms with Crippen molar-refractivity contribution in [3.63, 3.8) is 0 Å². The van der Waals surface area contributed by atoms with E-state index in [4.69, 9.17) is 4.42 Å². The first-order valence-corrected chi connectivity index (χ1v) is 10.1. The average Bonchev–Trinajstić information content (AvgIpc) is 2.60. The normalized spacial score (nSPS) is 31.2. The summed E-state index contributed by atoms with van der Waals surface area (Å²) in [5.74, 6) is 2.36. The van der Waals surface area contributed by atoms with E-state index in [9.17, 15) is 9.59 Å². The molecular weight excluding hydrogens is 340 g/mol. The zero-order valence-electron chi connectivity index (χ0n) is 15.7. The summed E-state index contributed by atoms with van der Waals surface area (Å²) in [6.45, 7) is 0. The molecule has 4 fully saturated rings. The molecule has 6 rings (SSSR count). The van der Waals surface area contributed by atoms with Gasteiger partial charge in [0.15, 0.2) is 5.69 Å². The number of para-hydroxylation sites is 1. The molecule has 4 aliphatic carbocycles. The highest BCUT2D eigenvalue weighted by atomic mass is 16.4. The molecule has 0 unspecified atom stereocenters. The van der Waals surface area contributed by atoms with E-state index in [1.165, 1.54) is 38.5 Å². The van der Waals surface area contributed by atoms with Crippen LogP contribution < -0.4 is 16.3 Å². The topological polar surface area (TPSA) is 71.3 Å². The van der Waals surface area contributed by atoms with Gasteiger partial charge in [-0.05, 0) is 73.8 Å². The van der Waals surface area contributed by atoms with Crippen LogP contribution in [0.25, 0.3) is 11.0 Å². The Morgan fingerprint density at radius 1 is 1.07 bits per heavy atom. The Kier molecular flexibility index (Phi) is 3.81.